The highest BCUT2D eigenvalue weighted by molar-refractivity contribution is 5.93. The fraction of sp³-hybridized carbons (Fsp3) is 0.211. The molecule has 2 nitrogen and oxygen atoms in total. The molecule has 0 aromatic heterocycles. The predicted octanol–water partition coefficient (Wildman–Crippen LogP) is 4.98. The molecule has 21 heavy (non-hydrogen) atoms. The van der Waals surface area contributed by atoms with Crippen LogP contribution in [0, 0.1) is 0 Å². The zero-order valence-corrected chi connectivity index (χ0v) is 12.4. The summed E-state index contributed by atoms with van der Waals surface area (Å²) in [5, 5.41) is 0. The highest BCUT2D eigenvalue weighted by atomic mass is 16.5. The maximum atomic E-state index is 5.85. The van der Waals surface area contributed by atoms with Crippen molar-refractivity contribution in [2.24, 2.45) is 4.99 Å². The van der Waals surface area contributed by atoms with E-state index in [2.05, 4.69) is 24.0 Å². The second-order valence-electron chi connectivity index (χ2n) is 4.73. The first-order valence-electron chi connectivity index (χ1n) is 7.39. The molecule has 0 aliphatic rings. The molecule has 108 valence electrons. The van der Waals surface area contributed by atoms with Crippen LogP contribution in [0.15, 0.2) is 71.7 Å². The number of aliphatic imine (C=N–C) groups is 1. The summed E-state index contributed by atoms with van der Waals surface area (Å²) >= 11 is 0. The van der Waals surface area contributed by atoms with Crippen LogP contribution in [-0.4, -0.2) is 12.4 Å². The van der Waals surface area contributed by atoms with E-state index >= 15 is 0 Å². The van der Waals surface area contributed by atoms with Crippen molar-refractivity contribution < 1.29 is 4.74 Å². The first-order valence-corrected chi connectivity index (χ1v) is 7.39. The SMILES string of the molecule is CCCCN=C(/C=C\c1ccccc1)Oc1ccccc1. The molecule has 0 bridgehead atoms. The van der Waals surface area contributed by atoms with Crippen molar-refractivity contribution in [3.8, 4) is 5.75 Å². The molecule has 0 saturated heterocycles. The maximum absolute atomic E-state index is 5.85. The third-order valence-electron chi connectivity index (χ3n) is 2.96. The minimum Gasteiger partial charge on any atom is -0.439 e. The van der Waals surface area contributed by atoms with Crippen LogP contribution in [0.2, 0.25) is 0 Å². The van der Waals surface area contributed by atoms with E-state index in [9.17, 15) is 0 Å². The molecular weight excluding hydrogens is 258 g/mol. The van der Waals surface area contributed by atoms with E-state index in [1.807, 2.05) is 60.7 Å². The van der Waals surface area contributed by atoms with Gasteiger partial charge >= 0.3 is 0 Å². The third-order valence-corrected chi connectivity index (χ3v) is 2.96. The van der Waals surface area contributed by atoms with Gasteiger partial charge in [0.25, 0.3) is 0 Å². The van der Waals surface area contributed by atoms with Gasteiger partial charge in [0.1, 0.15) is 5.75 Å². The molecule has 0 unspecified atom stereocenters. The van der Waals surface area contributed by atoms with Crippen LogP contribution in [0.1, 0.15) is 25.3 Å². The fourth-order valence-electron chi connectivity index (χ4n) is 1.81. The molecule has 0 fully saturated rings. The minimum atomic E-state index is 0.651. The number of hydrogen-bond acceptors (Lipinski definition) is 2. The van der Waals surface area contributed by atoms with Gasteiger partial charge in [0.15, 0.2) is 0 Å². The Balaban J connectivity index is 2.08. The number of hydrogen-bond donors (Lipinski definition) is 0. The number of ether oxygens (including phenoxy) is 1. The quantitative estimate of drug-likeness (QED) is 0.415. The average Bonchev–Trinajstić information content (AvgIpc) is 2.54. The molecule has 2 aromatic rings. The molecule has 0 saturated carbocycles. The van der Waals surface area contributed by atoms with Gasteiger partial charge in [-0.15, -0.1) is 0 Å². The normalized spacial score (nSPS) is 11.8. The second-order valence-corrected chi connectivity index (χ2v) is 4.73. The molecule has 0 aliphatic heterocycles. The van der Waals surface area contributed by atoms with Crippen molar-refractivity contribution in [1.29, 1.82) is 0 Å². The van der Waals surface area contributed by atoms with Crippen molar-refractivity contribution in [1.82, 2.24) is 0 Å². The largest absolute Gasteiger partial charge is 0.439 e. The maximum Gasteiger partial charge on any atom is 0.214 e. The highest BCUT2D eigenvalue weighted by Gasteiger charge is 1.98. The molecule has 2 aromatic carbocycles. The van der Waals surface area contributed by atoms with E-state index in [1.54, 1.807) is 0 Å². The van der Waals surface area contributed by atoms with Gasteiger partial charge < -0.3 is 4.74 Å². The summed E-state index contributed by atoms with van der Waals surface area (Å²) in [6.45, 7) is 2.95. The monoisotopic (exact) mass is 279 g/mol. The van der Waals surface area contributed by atoms with Gasteiger partial charge in [0, 0.05) is 12.6 Å². The summed E-state index contributed by atoms with van der Waals surface area (Å²) in [5.41, 5.74) is 1.14. The van der Waals surface area contributed by atoms with Crippen LogP contribution >= 0.6 is 0 Å². The lowest BCUT2D eigenvalue weighted by Gasteiger charge is -2.05. The Labute approximate surface area is 126 Å². The first-order chi connectivity index (χ1) is 10.4. The summed E-state index contributed by atoms with van der Waals surface area (Å²) in [6, 6.07) is 19.9. The van der Waals surface area contributed by atoms with E-state index < -0.39 is 0 Å². The van der Waals surface area contributed by atoms with Crippen molar-refractivity contribution in [2.75, 3.05) is 6.54 Å². The first kappa shape index (κ1) is 15.0. The zero-order chi connectivity index (χ0) is 14.8. The van der Waals surface area contributed by atoms with E-state index in [-0.39, 0.29) is 0 Å². The molecular formula is C19H21NO. The Morgan fingerprint density at radius 2 is 1.67 bits per heavy atom. The Kier molecular flexibility index (Phi) is 6.27. The fourth-order valence-corrected chi connectivity index (χ4v) is 1.81. The number of benzene rings is 2. The number of rotatable bonds is 6. The molecule has 0 N–H and O–H groups in total. The van der Waals surface area contributed by atoms with E-state index in [4.69, 9.17) is 4.74 Å². The lowest BCUT2D eigenvalue weighted by atomic mass is 10.2. The van der Waals surface area contributed by atoms with Crippen molar-refractivity contribution >= 4 is 12.0 Å². The second kappa shape index (κ2) is 8.75. The molecule has 2 heteroatoms. The van der Waals surface area contributed by atoms with Crippen LogP contribution in [-0.2, 0) is 0 Å². The molecule has 0 amide bonds. The van der Waals surface area contributed by atoms with Crippen molar-refractivity contribution in [3.05, 3.63) is 72.3 Å². The van der Waals surface area contributed by atoms with Gasteiger partial charge in [0.05, 0.1) is 0 Å². The minimum absolute atomic E-state index is 0.651. The van der Waals surface area contributed by atoms with E-state index in [1.165, 1.54) is 0 Å². The summed E-state index contributed by atoms with van der Waals surface area (Å²) in [7, 11) is 0. The molecule has 0 heterocycles. The summed E-state index contributed by atoms with van der Waals surface area (Å²) in [6.07, 6.45) is 6.15. The Morgan fingerprint density at radius 3 is 2.33 bits per heavy atom. The van der Waals surface area contributed by atoms with E-state index in [0.717, 1.165) is 30.7 Å². The zero-order valence-electron chi connectivity index (χ0n) is 12.4. The lowest BCUT2D eigenvalue weighted by Crippen LogP contribution is -2.06. The molecule has 0 spiro atoms. The van der Waals surface area contributed by atoms with Gasteiger partial charge in [-0.25, -0.2) is 0 Å². The number of para-hydroxylation sites is 1. The van der Waals surface area contributed by atoms with Gasteiger partial charge in [-0.2, -0.15) is 0 Å². The predicted molar refractivity (Wildman–Crippen MR) is 89.8 cm³/mol. The van der Waals surface area contributed by atoms with Crippen LogP contribution in [0.3, 0.4) is 0 Å². The molecule has 0 aliphatic carbocycles. The van der Waals surface area contributed by atoms with Crippen molar-refractivity contribution in [2.45, 2.75) is 19.8 Å². The van der Waals surface area contributed by atoms with Gasteiger partial charge in [-0.1, -0.05) is 61.9 Å². The topological polar surface area (TPSA) is 21.6 Å². The van der Waals surface area contributed by atoms with E-state index in [0.29, 0.717) is 5.90 Å². The Morgan fingerprint density at radius 1 is 1.00 bits per heavy atom. The third kappa shape index (κ3) is 5.65. The van der Waals surface area contributed by atoms with Crippen LogP contribution < -0.4 is 4.74 Å². The smallest absolute Gasteiger partial charge is 0.214 e. The molecule has 0 radical (unpaired) electrons. The summed E-state index contributed by atoms with van der Waals surface area (Å²) < 4.78 is 5.85. The van der Waals surface area contributed by atoms with Crippen molar-refractivity contribution in [3.63, 3.8) is 0 Å². The van der Waals surface area contributed by atoms with Crippen LogP contribution in [0.4, 0.5) is 0 Å². The molecule has 2 rings (SSSR count). The lowest BCUT2D eigenvalue weighted by molar-refractivity contribution is 0.550. The van der Waals surface area contributed by atoms with Gasteiger partial charge in [-0.05, 0) is 30.2 Å². The van der Waals surface area contributed by atoms with Gasteiger partial charge in [-0.3, -0.25) is 4.99 Å². The highest BCUT2D eigenvalue weighted by Crippen LogP contribution is 2.10. The number of nitrogens with zero attached hydrogens (tertiary/aromatic N) is 1. The summed E-state index contributed by atoms with van der Waals surface area (Å²) in [4.78, 5) is 4.53. The number of unbranched alkanes of at least 4 members (excludes halogenated alkanes) is 1. The van der Waals surface area contributed by atoms with Gasteiger partial charge in [0.2, 0.25) is 5.90 Å². The Bertz CT molecular complexity index is 573. The standard InChI is InChI=1S/C19H21NO/c1-2-3-16-20-19(21-18-12-8-5-9-13-18)15-14-17-10-6-4-7-11-17/h4-15H,2-3,16H2,1H3/b15-14-,20-19?. The van der Waals surface area contributed by atoms with Crippen LogP contribution in [0.5, 0.6) is 5.75 Å². The molecule has 0 atom stereocenters. The Hall–Kier alpha value is -2.35. The van der Waals surface area contributed by atoms with Crippen LogP contribution in [0.25, 0.3) is 6.08 Å². The summed E-state index contributed by atoms with van der Waals surface area (Å²) in [5.74, 6) is 1.46. The average molecular weight is 279 g/mol.